The van der Waals surface area contributed by atoms with E-state index in [1.54, 1.807) is 6.20 Å². The lowest BCUT2D eigenvalue weighted by molar-refractivity contribution is 0.252. The third-order valence-corrected chi connectivity index (χ3v) is 3.24. The molecule has 0 saturated carbocycles. The summed E-state index contributed by atoms with van der Waals surface area (Å²) in [6.07, 6.45) is 1.65. The Morgan fingerprint density at radius 1 is 1.47 bits per heavy atom. The van der Waals surface area contributed by atoms with E-state index in [9.17, 15) is 0 Å². The molecule has 1 aromatic rings. The van der Waals surface area contributed by atoms with Crippen LogP contribution >= 0.6 is 0 Å². The molecular weight excluding hydrogens is 210 g/mol. The molecule has 0 aliphatic heterocycles. The van der Waals surface area contributed by atoms with Crippen LogP contribution in [0.4, 0.5) is 0 Å². The van der Waals surface area contributed by atoms with Crippen LogP contribution in [-0.2, 0) is 6.54 Å². The van der Waals surface area contributed by atoms with Gasteiger partial charge in [-0.1, -0.05) is 33.8 Å². The van der Waals surface area contributed by atoms with Gasteiger partial charge in [-0.25, -0.2) is 4.98 Å². The van der Waals surface area contributed by atoms with Gasteiger partial charge in [-0.2, -0.15) is 5.26 Å². The van der Waals surface area contributed by atoms with Crippen LogP contribution in [0.2, 0.25) is 0 Å². The molecule has 0 fully saturated rings. The van der Waals surface area contributed by atoms with Crippen molar-refractivity contribution < 1.29 is 0 Å². The standard InChI is InChI=1S/C14H21N3/c1-11(14(2,3)4)9-16-10-12-6-5-7-17-13(12)8-15/h5-7,11,16H,9-10H2,1-4H3. The van der Waals surface area contributed by atoms with E-state index in [1.165, 1.54) is 0 Å². The zero-order chi connectivity index (χ0) is 12.9. The lowest BCUT2D eigenvalue weighted by Gasteiger charge is -2.27. The average molecular weight is 231 g/mol. The van der Waals surface area contributed by atoms with Gasteiger partial charge < -0.3 is 5.32 Å². The monoisotopic (exact) mass is 231 g/mol. The summed E-state index contributed by atoms with van der Waals surface area (Å²) in [5.41, 5.74) is 1.79. The molecule has 0 aromatic carbocycles. The Kier molecular flexibility index (Phi) is 4.65. The number of hydrogen-bond donors (Lipinski definition) is 1. The Hall–Kier alpha value is -1.40. The minimum absolute atomic E-state index is 0.306. The van der Waals surface area contributed by atoms with Crippen molar-refractivity contribution in [1.82, 2.24) is 10.3 Å². The maximum atomic E-state index is 8.92. The molecule has 0 spiro atoms. The fourth-order valence-corrected chi connectivity index (χ4v) is 1.41. The highest BCUT2D eigenvalue weighted by Gasteiger charge is 2.19. The van der Waals surface area contributed by atoms with Gasteiger partial charge >= 0.3 is 0 Å². The van der Waals surface area contributed by atoms with Crippen molar-refractivity contribution >= 4 is 0 Å². The van der Waals surface area contributed by atoms with E-state index in [-0.39, 0.29) is 0 Å². The fourth-order valence-electron chi connectivity index (χ4n) is 1.41. The second kappa shape index (κ2) is 5.79. The summed E-state index contributed by atoms with van der Waals surface area (Å²) in [4.78, 5) is 4.04. The highest BCUT2D eigenvalue weighted by molar-refractivity contribution is 5.30. The summed E-state index contributed by atoms with van der Waals surface area (Å²) in [7, 11) is 0. The summed E-state index contributed by atoms with van der Waals surface area (Å²) in [6, 6.07) is 5.92. The average Bonchev–Trinajstić information content (AvgIpc) is 2.28. The Morgan fingerprint density at radius 3 is 2.76 bits per heavy atom. The third kappa shape index (κ3) is 4.16. The number of rotatable bonds is 4. The van der Waals surface area contributed by atoms with E-state index in [1.807, 2.05) is 12.1 Å². The van der Waals surface area contributed by atoms with E-state index in [4.69, 9.17) is 5.26 Å². The van der Waals surface area contributed by atoms with Crippen molar-refractivity contribution in [1.29, 1.82) is 5.26 Å². The number of hydrogen-bond acceptors (Lipinski definition) is 3. The molecule has 1 aromatic heterocycles. The molecule has 0 aliphatic rings. The zero-order valence-electron chi connectivity index (χ0n) is 11.1. The number of pyridine rings is 1. The molecule has 1 rings (SSSR count). The van der Waals surface area contributed by atoms with Crippen LogP contribution < -0.4 is 5.32 Å². The van der Waals surface area contributed by atoms with Gasteiger partial charge in [0.05, 0.1) is 0 Å². The molecule has 0 aliphatic carbocycles. The van der Waals surface area contributed by atoms with Crippen molar-refractivity contribution in [2.24, 2.45) is 11.3 Å². The van der Waals surface area contributed by atoms with Gasteiger partial charge in [-0.15, -0.1) is 0 Å². The first-order chi connectivity index (χ1) is 7.95. The molecule has 3 nitrogen and oxygen atoms in total. The van der Waals surface area contributed by atoms with Gasteiger partial charge in [-0.3, -0.25) is 0 Å². The van der Waals surface area contributed by atoms with Crippen LogP contribution in [-0.4, -0.2) is 11.5 Å². The summed E-state index contributed by atoms with van der Waals surface area (Å²) in [5, 5.41) is 12.3. The number of nitrogens with one attached hydrogen (secondary N) is 1. The molecule has 1 N–H and O–H groups in total. The van der Waals surface area contributed by atoms with Crippen molar-refractivity contribution in [3.05, 3.63) is 29.6 Å². The summed E-state index contributed by atoms with van der Waals surface area (Å²) in [6.45, 7) is 10.6. The molecule has 0 amide bonds. The van der Waals surface area contributed by atoms with E-state index >= 15 is 0 Å². The second-order valence-electron chi connectivity index (χ2n) is 5.52. The van der Waals surface area contributed by atoms with Gasteiger partial charge in [0.25, 0.3) is 0 Å². The van der Waals surface area contributed by atoms with E-state index in [0.29, 0.717) is 23.6 Å². The smallest absolute Gasteiger partial charge is 0.144 e. The molecule has 1 unspecified atom stereocenters. The normalized spacial score (nSPS) is 13.1. The molecule has 1 atom stereocenters. The topological polar surface area (TPSA) is 48.7 Å². The number of nitriles is 1. The molecule has 92 valence electrons. The molecule has 3 heteroatoms. The van der Waals surface area contributed by atoms with Crippen molar-refractivity contribution in [3.8, 4) is 6.07 Å². The van der Waals surface area contributed by atoms with Crippen LogP contribution in [0.3, 0.4) is 0 Å². The SMILES string of the molecule is CC(CNCc1cccnc1C#N)C(C)(C)C. The minimum Gasteiger partial charge on any atom is -0.312 e. The van der Waals surface area contributed by atoms with Crippen LogP contribution in [0, 0.1) is 22.7 Å². The first kappa shape index (κ1) is 13.7. The van der Waals surface area contributed by atoms with Crippen LogP contribution in [0.1, 0.15) is 39.0 Å². The van der Waals surface area contributed by atoms with Crippen LogP contribution in [0.5, 0.6) is 0 Å². The van der Waals surface area contributed by atoms with Crippen molar-refractivity contribution in [2.75, 3.05) is 6.54 Å². The first-order valence-electron chi connectivity index (χ1n) is 6.00. The second-order valence-corrected chi connectivity index (χ2v) is 5.52. The Labute approximate surface area is 104 Å². The van der Waals surface area contributed by atoms with Gasteiger partial charge in [-0.05, 0) is 23.9 Å². The van der Waals surface area contributed by atoms with Gasteiger partial charge in [0.2, 0.25) is 0 Å². The number of aromatic nitrogens is 1. The first-order valence-corrected chi connectivity index (χ1v) is 6.00. The molecule has 1 heterocycles. The molecular formula is C14H21N3. The highest BCUT2D eigenvalue weighted by Crippen LogP contribution is 2.24. The van der Waals surface area contributed by atoms with Crippen molar-refractivity contribution in [2.45, 2.75) is 34.2 Å². The van der Waals surface area contributed by atoms with Crippen LogP contribution in [0.25, 0.3) is 0 Å². The Morgan fingerprint density at radius 2 is 2.18 bits per heavy atom. The molecule has 0 radical (unpaired) electrons. The summed E-state index contributed by atoms with van der Waals surface area (Å²) in [5.74, 6) is 0.588. The lowest BCUT2D eigenvalue weighted by Crippen LogP contribution is -2.29. The van der Waals surface area contributed by atoms with E-state index < -0.39 is 0 Å². The van der Waals surface area contributed by atoms with Crippen LogP contribution in [0.15, 0.2) is 18.3 Å². The predicted octanol–water partition coefficient (Wildman–Crippen LogP) is 2.73. The number of nitrogens with zero attached hydrogens (tertiary/aromatic N) is 2. The summed E-state index contributed by atoms with van der Waals surface area (Å²) >= 11 is 0. The van der Waals surface area contributed by atoms with Gasteiger partial charge in [0, 0.05) is 18.3 Å². The Balaban J connectivity index is 2.50. The minimum atomic E-state index is 0.306. The maximum absolute atomic E-state index is 8.92. The predicted molar refractivity (Wildman–Crippen MR) is 69.3 cm³/mol. The fraction of sp³-hybridized carbons (Fsp3) is 0.571. The molecule has 17 heavy (non-hydrogen) atoms. The maximum Gasteiger partial charge on any atom is 0.144 e. The van der Waals surface area contributed by atoms with Gasteiger partial charge in [0.15, 0.2) is 0 Å². The largest absolute Gasteiger partial charge is 0.312 e. The van der Waals surface area contributed by atoms with E-state index in [0.717, 1.165) is 12.1 Å². The Bertz CT molecular complexity index is 399. The molecule has 0 bridgehead atoms. The third-order valence-electron chi connectivity index (χ3n) is 3.24. The van der Waals surface area contributed by atoms with Crippen molar-refractivity contribution in [3.63, 3.8) is 0 Å². The quantitative estimate of drug-likeness (QED) is 0.866. The summed E-state index contributed by atoms with van der Waals surface area (Å²) < 4.78 is 0. The van der Waals surface area contributed by atoms with E-state index in [2.05, 4.69) is 44.1 Å². The zero-order valence-corrected chi connectivity index (χ0v) is 11.1. The highest BCUT2D eigenvalue weighted by atomic mass is 14.9. The lowest BCUT2D eigenvalue weighted by atomic mass is 9.82. The van der Waals surface area contributed by atoms with Gasteiger partial charge in [0.1, 0.15) is 11.8 Å². The molecule has 0 saturated heterocycles.